The Morgan fingerprint density at radius 3 is 2.60 bits per heavy atom. The van der Waals surface area contributed by atoms with Crippen LogP contribution in [0.3, 0.4) is 0 Å². The highest BCUT2D eigenvalue weighted by atomic mass is 15.3. The van der Waals surface area contributed by atoms with Crippen molar-refractivity contribution in [3.8, 4) is 6.07 Å². The predicted molar refractivity (Wildman–Crippen MR) is 57.4 cm³/mol. The minimum Gasteiger partial charge on any atom is -0.354 e. The molecule has 0 aliphatic carbocycles. The van der Waals surface area contributed by atoms with E-state index < -0.39 is 0 Å². The van der Waals surface area contributed by atoms with Crippen LogP contribution in [-0.2, 0) is 0 Å². The van der Waals surface area contributed by atoms with Crippen LogP contribution in [-0.4, -0.2) is 23.3 Å². The average molecular weight is 202 g/mol. The predicted octanol–water partition coefficient (Wildman–Crippen LogP) is 1.73. The zero-order chi connectivity index (χ0) is 10.5. The van der Waals surface area contributed by atoms with E-state index in [1.807, 2.05) is 0 Å². The van der Waals surface area contributed by atoms with E-state index in [9.17, 15) is 0 Å². The molecule has 1 fully saturated rings. The van der Waals surface area contributed by atoms with Crippen LogP contribution in [0.25, 0.3) is 0 Å². The zero-order valence-electron chi connectivity index (χ0n) is 8.69. The zero-order valence-corrected chi connectivity index (χ0v) is 8.69. The van der Waals surface area contributed by atoms with E-state index in [0.717, 1.165) is 18.9 Å². The van der Waals surface area contributed by atoms with Crippen molar-refractivity contribution in [2.24, 2.45) is 0 Å². The molecule has 2 heterocycles. The third kappa shape index (κ3) is 2.24. The van der Waals surface area contributed by atoms with Gasteiger partial charge >= 0.3 is 0 Å². The van der Waals surface area contributed by atoms with Crippen molar-refractivity contribution >= 4 is 5.82 Å². The van der Waals surface area contributed by atoms with Gasteiger partial charge in [-0.15, -0.1) is 5.10 Å². The molecule has 1 saturated heterocycles. The first-order valence-electron chi connectivity index (χ1n) is 5.38. The van der Waals surface area contributed by atoms with E-state index in [1.54, 1.807) is 12.3 Å². The van der Waals surface area contributed by atoms with E-state index in [1.165, 1.54) is 25.7 Å². The highest BCUT2D eigenvalue weighted by molar-refractivity contribution is 5.52. The molecule has 0 N–H and O–H groups in total. The third-order valence-electron chi connectivity index (χ3n) is 2.73. The second-order valence-electron chi connectivity index (χ2n) is 3.78. The number of rotatable bonds is 1. The molecular formula is C11H14N4. The summed E-state index contributed by atoms with van der Waals surface area (Å²) in [5, 5.41) is 16.9. The molecule has 0 aromatic carbocycles. The number of anilines is 1. The Morgan fingerprint density at radius 1 is 1.20 bits per heavy atom. The Morgan fingerprint density at radius 2 is 1.93 bits per heavy atom. The van der Waals surface area contributed by atoms with E-state index in [0.29, 0.717) is 5.56 Å². The van der Waals surface area contributed by atoms with Crippen LogP contribution in [0.2, 0.25) is 0 Å². The van der Waals surface area contributed by atoms with Gasteiger partial charge in [0.05, 0.1) is 11.8 Å². The smallest absolute Gasteiger partial charge is 0.169 e. The molecule has 78 valence electrons. The van der Waals surface area contributed by atoms with Gasteiger partial charge in [0.1, 0.15) is 6.07 Å². The van der Waals surface area contributed by atoms with Crippen LogP contribution in [0.1, 0.15) is 31.2 Å². The van der Waals surface area contributed by atoms with Crippen LogP contribution in [0.5, 0.6) is 0 Å². The fourth-order valence-corrected chi connectivity index (χ4v) is 1.93. The second kappa shape index (κ2) is 4.74. The van der Waals surface area contributed by atoms with E-state index in [-0.39, 0.29) is 0 Å². The Balaban J connectivity index is 2.23. The molecular weight excluding hydrogens is 188 g/mol. The van der Waals surface area contributed by atoms with Crippen LogP contribution in [0, 0.1) is 11.3 Å². The van der Waals surface area contributed by atoms with Gasteiger partial charge in [-0.3, -0.25) is 0 Å². The van der Waals surface area contributed by atoms with Gasteiger partial charge in [0.25, 0.3) is 0 Å². The summed E-state index contributed by atoms with van der Waals surface area (Å²) in [6.45, 7) is 1.99. The summed E-state index contributed by atoms with van der Waals surface area (Å²) in [5.74, 6) is 0.752. The van der Waals surface area contributed by atoms with E-state index in [4.69, 9.17) is 5.26 Å². The molecule has 1 aromatic rings. The molecule has 1 aromatic heterocycles. The standard InChI is InChI=1S/C11H14N4/c12-9-10-5-6-13-14-11(10)15-7-3-1-2-4-8-15/h5-6H,1-4,7-8H2. The molecule has 0 unspecified atom stereocenters. The maximum Gasteiger partial charge on any atom is 0.169 e. The first-order chi connectivity index (χ1) is 7.42. The van der Waals surface area contributed by atoms with Crippen molar-refractivity contribution in [3.05, 3.63) is 17.8 Å². The van der Waals surface area contributed by atoms with Gasteiger partial charge in [0.15, 0.2) is 5.82 Å². The summed E-state index contributed by atoms with van der Waals surface area (Å²) < 4.78 is 0. The van der Waals surface area contributed by atoms with Crippen LogP contribution < -0.4 is 4.90 Å². The van der Waals surface area contributed by atoms with Crippen molar-refractivity contribution < 1.29 is 0 Å². The van der Waals surface area contributed by atoms with Gasteiger partial charge in [-0.1, -0.05) is 12.8 Å². The quantitative estimate of drug-likeness (QED) is 0.696. The molecule has 4 nitrogen and oxygen atoms in total. The van der Waals surface area contributed by atoms with Crippen LogP contribution in [0.4, 0.5) is 5.82 Å². The van der Waals surface area contributed by atoms with Gasteiger partial charge in [-0.05, 0) is 18.9 Å². The van der Waals surface area contributed by atoms with E-state index >= 15 is 0 Å². The molecule has 0 amide bonds. The fourth-order valence-electron chi connectivity index (χ4n) is 1.93. The summed E-state index contributed by atoms with van der Waals surface area (Å²) >= 11 is 0. The maximum absolute atomic E-state index is 8.97. The Labute approximate surface area is 89.5 Å². The van der Waals surface area contributed by atoms with Gasteiger partial charge in [0, 0.05) is 13.1 Å². The SMILES string of the molecule is N#Cc1ccnnc1N1CCCCCC1. The van der Waals surface area contributed by atoms with Crippen molar-refractivity contribution in [3.63, 3.8) is 0 Å². The summed E-state index contributed by atoms with van der Waals surface area (Å²) in [6, 6.07) is 3.90. The number of nitrogens with zero attached hydrogens (tertiary/aromatic N) is 4. The number of nitriles is 1. The minimum absolute atomic E-state index is 0.631. The first-order valence-corrected chi connectivity index (χ1v) is 5.38. The number of aromatic nitrogens is 2. The molecule has 1 aliphatic heterocycles. The van der Waals surface area contributed by atoms with Gasteiger partial charge in [0.2, 0.25) is 0 Å². The lowest BCUT2D eigenvalue weighted by atomic mass is 10.2. The summed E-state index contributed by atoms with van der Waals surface area (Å²) in [6.07, 6.45) is 6.49. The van der Waals surface area contributed by atoms with Crippen molar-refractivity contribution in [1.29, 1.82) is 5.26 Å². The Hall–Kier alpha value is -1.63. The lowest BCUT2D eigenvalue weighted by molar-refractivity contribution is 0.726. The summed E-state index contributed by atoms with van der Waals surface area (Å²) in [4.78, 5) is 2.18. The minimum atomic E-state index is 0.631. The second-order valence-corrected chi connectivity index (χ2v) is 3.78. The topological polar surface area (TPSA) is 52.8 Å². The maximum atomic E-state index is 8.97. The number of hydrogen-bond acceptors (Lipinski definition) is 4. The molecule has 1 aliphatic rings. The average Bonchev–Trinajstić information content (AvgIpc) is 2.57. The first kappa shape index (κ1) is 9.91. The highest BCUT2D eigenvalue weighted by Gasteiger charge is 2.14. The van der Waals surface area contributed by atoms with Crippen molar-refractivity contribution in [1.82, 2.24) is 10.2 Å². The fraction of sp³-hybridized carbons (Fsp3) is 0.545. The molecule has 15 heavy (non-hydrogen) atoms. The van der Waals surface area contributed by atoms with Crippen molar-refractivity contribution in [2.45, 2.75) is 25.7 Å². The molecule has 0 saturated carbocycles. The Kier molecular flexibility index (Phi) is 3.13. The lowest BCUT2D eigenvalue weighted by Gasteiger charge is -2.21. The molecule has 0 spiro atoms. The molecule has 2 rings (SSSR count). The molecule has 0 atom stereocenters. The largest absolute Gasteiger partial charge is 0.354 e. The lowest BCUT2D eigenvalue weighted by Crippen LogP contribution is -2.26. The van der Waals surface area contributed by atoms with E-state index in [2.05, 4.69) is 21.2 Å². The third-order valence-corrected chi connectivity index (χ3v) is 2.73. The molecule has 4 heteroatoms. The summed E-state index contributed by atoms with van der Waals surface area (Å²) in [7, 11) is 0. The molecule has 0 bridgehead atoms. The normalized spacial score (nSPS) is 16.9. The van der Waals surface area contributed by atoms with Crippen LogP contribution >= 0.6 is 0 Å². The number of hydrogen-bond donors (Lipinski definition) is 0. The van der Waals surface area contributed by atoms with Gasteiger partial charge in [-0.25, -0.2) is 0 Å². The highest BCUT2D eigenvalue weighted by Crippen LogP contribution is 2.19. The van der Waals surface area contributed by atoms with Crippen LogP contribution in [0.15, 0.2) is 12.3 Å². The van der Waals surface area contributed by atoms with Crippen molar-refractivity contribution in [2.75, 3.05) is 18.0 Å². The van der Waals surface area contributed by atoms with Gasteiger partial charge < -0.3 is 4.90 Å². The summed E-state index contributed by atoms with van der Waals surface area (Å²) in [5.41, 5.74) is 0.631. The van der Waals surface area contributed by atoms with Gasteiger partial charge in [-0.2, -0.15) is 10.4 Å². The Bertz CT molecular complexity index is 361. The molecule has 0 radical (unpaired) electrons. The monoisotopic (exact) mass is 202 g/mol.